The van der Waals surface area contributed by atoms with Crippen LogP contribution in [0.15, 0.2) is 34.8 Å². The summed E-state index contributed by atoms with van der Waals surface area (Å²) in [6.07, 6.45) is 0. The van der Waals surface area contributed by atoms with Gasteiger partial charge in [-0.1, -0.05) is 17.7 Å². The first-order valence-corrected chi connectivity index (χ1v) is 6.32. The van der Waals surface area contributed by atoms with Crippen molar-refractivity contribution in [3.63, 3.8) is 0 Å². The van der Waals surface area contributed by atoms with E-state index in [9.17, 15) is 13.6 Å². The molecule has 6 heteroatoms. The van der Waals surface area contributed by atoms with Crippen LogP contribution in [0.4, 0.5) is 14.5 Å². The number of halogens is 4. The number of carbonyl (C=O) groups excluding carboxylic acids is 1. The van der Waals surface area contributed by atoms with E-state index in [1.54, 1.807) is 6.07 Å². The molecule has 2 rings (SSSR count). The Morgan fingerprint density at radius 2 is 1.68 bits per heavy atom. The van der Waals surface area contributed by atoms with Crippen molar-refractivity contribution in [1.29, 1.82) is 0 Å². The predicted octanol–water partition coefficient (Wildman–Crippen LogP) is 4.19. The Kier molecular flexibility index (Phi) is 3.87. The van der Waals surface area contributed by atoms with Gasteiger partial charge in [0.05, 0.1) is 16.1 Å². The van der Waals surface area contributed by atoms with Crippen LogP contribution in [0.25, 0.3) is 0 Å². The van der Waals surface area contributed by atoms with Crippen LogP contribution in [-0.2, 0) is 0 Å². The third kappa shape index (κ3) is 2.48. The first kappa shape index (κ1) is 14.0. The summed E-state index contributed by atoms with van der Waals surface area (Å²) in [7, 11) is 0. The second-order valence-electron chi connectivity index (χ2n) is 3.75. The van der Waals surface area contributed by atoms with Crippen LogP contribution >= 0.6 is 27.5 Å². The van der Waals surface area contributed by atoms with Crippen LogP contribution in [0.5, 0.6) is 0 Å². The molecule has 2 nitrogen and oxygen atoms in total. The number of rotatable bonds is 2. The standard InChI is InChI=1S/C13H7BrClF2NO/c14-6-4-5-9(18)11(12(6)15)13(19)10-7(16)2-1-3-8(10)17/h1-5H,18H2. The quantitative estimate of drug-likeness (QED) is 0.654. The van der Waals surface area contributed by atoms with E-state index in [0.717, 1.165) is 12.1 Å². The highest BCUT2D eigenvalue weighted by Gasteiger charge is 2.23. The molecule has 0 atom stereocenters. The average Bonchev–Trinajstić information content (AvgIpc) is 2.34. The van der Waals surface area contributed by atoms with Crippen LogP contribution in [0, 0.1) is 11.6 Å². The minimum Gasteiger partial charge on any atom is -0.398 e. The summed E-state index contributed by atoms with van der Waals surface area (Å²) in [6, 6.07) is 6.15. The summed E-state index contributed by atoms with van der Waals surface area (Å²) in [4.78, 5) is 12.2. The maximum atomic E-state index is 13.6. The summed E-state index contributed by atoms with van der Waals surface area (Å²) in [5, 5.41) is 0.0210. The molecule has 2 aromatic carbocycles. The van der Waals surface area contributed by atoms with E-state index in [-0.39, 0.29) is 16.3 Å². The van der Waals surface area contributed by atoms with Gasteiger partial charge in [-0.25, -0.2) is 8.78 Å². The lowest BCUT2D eigenvalue weighted by Gasteiger charge is -2.10. The SMILES string of the molecule is Nc1ccc(Br)c(Cl)c1C(=O)c1c(F)cccc1F. The highest BCUT2D eigenvalue weighted by Crippen LogP contribution is 2.33. The van der Waals surface area contributed by atoms with Gasteiger partial charge in [-0.3, -0.25) is 4.79 Å². The van der Waals surface area contributed by atoms with Crippen LogP contribution < -0.4 is 5.73 Å². The molecule has 0 fully saturated rings. The second-order valence-corrected chi connectivity index (χ2v) is 4.98. The first-order chi connectivity index (χ1) is 8.93. The maximum absolute atomic E-state index is 13.6. The molecule has 0 amide bonds. The number of nitrogen functional groups attached to an aromatic ring is 1. The lowest BCUT2D eigenvalue weighted by Crippen LogP contribution is -2.11. The number of anilines is 1. The molecule has 2 aromatic rings. The molecule has 98 valence electrons. The van der Waals surface area contributed by atoms with Gasteiger partial charge in [-0.15, -0.1) is 0 Å². The molecule has 0 aliphatic carbocycles. The Labute approximate surface area is 121 Å². The van der Waals surface area contributed by atoms with Crippen molar-refractivity contribution in [3.05, 3.63) is 62.6 Å². The van der Waals surface area contributed by atoms with E-state index in [4.69, 9.17) is 17.3 Å². The highest BCUT2D eigenvalue weighted by atomic mass is 79.9. The molecule has 0 saturated heterocycles. The number of hydrogen-bond donors (Lipinski definition) is 1. The van der Waals surface area contributed by atoms with Gasteiger partial charge in [0, 0.05) is 10.2 Å². The molecule has 0 aliphatic heterocycles. The summed E-state index contributed by atoms with van der Waals surface area (Å²) in [5.74, 6) is -2.81. The normalized spacial score (nSPS) is 10.5. The molecule has 0 saturated carbocycles. The Bertz CT molecular complexity index is 656. The van der Waals surface area contributed by atoms with E-state index in [2.05, 4.69) is 15.9 Å². The zero-order valence-electron chi connectivity index (χ0n) is 9.38. The fraction of sp³-hybridized carbons (Fsp3) is 0. The molecule has 0 heterocycles. The molecule has 0 spiro atoms. The topological polar surface area (TPSA) is 43.1 Å². The maximum Gasteiger partial charge on any atom is 0.202 e. The Morgan fingerprint density at radius 1 is 1.11 bits per heavy atom. The average molecular weight is 347 g/mol. The smallest absolute Gasteiger partial charge is 0.202 e. The number of hydrogen-bond acceptors (Lipinski definition) is 2. The summed E-state index contributed by atoms with van der Waals surface area (Å²) < 4.78 is 27.6. The zero-order valence-corrected chi connectivity index (χ0v) is 11.7. The minimum atomic E-state index is -0.958. The molecule has 0 aromatic heterocycles. The Morgan fingerprint density at radius 3 is 2.26 bits per heavy atom. The van der Waals surface area contributed by atoms with E-state index in [0.29, 0.717) is 4.47 Å². The number of nitrogens with two attached hydrogens (primary N) is 1. The van der Waals surface area contributed by atoms with Gasteiger partial charge in [-0.2, -0.15) is 0 Å². The Hall–Kier alpha value is -1.46. The molecular formula is C13H7BrClF2NO. The van der Waals surface area contributed by atoms with E-state index < -0.39 is 23.0 Å². The van der Waals surface area contributed by atoms with Crippen molar-refractivity contribution < 1.29 is 13.6 Å². The molecule has 19 heavy (non-hydrogen) atoms. The van der Waals surface area contributed by atoms with Gasteiger partial charge in [-0.05, 0) is 40.2 Å². The van der Waals surface area contributed by atoms with Gasteiger partial charge in [0.15, 0.2) is 0 Å². The van der Waals surface area contributed by atoms with Crippen LogP contribution in [-0.4, -0.2) is 5.78 Å². The van der Waals surface area contributed by atoms with Crippen LogP contribution in [0.3, 0.4) is 0 Å². The second kappa shape index (κ2) is 5.27. The lowest BCUT2D eigenvalue weighted by atomic mass is 10.0. The van der Waals surface area contributed by atoms with Gasteiger partial charge in [0.1, 0.15) is 11.6 Å². The predicted molar refractivity (Wildman–Crippen MR) is 73.4 cm³/mol. The zero-order chi connectivity index (χ0) is 14.2. The fourth-order valence-electron chi connectivity index (χ4n) is 1.64. The lowest BCUT2D eigenvalue weighted by molar-refractivity contribution is 0.103. The molecule has 0 radical (unpaired) electrons. The molecule has 0 aliphatic rings. The molecular weight excluding hydrogens is 340 g/mol. The minimum absolute atomic E-state index is 0.0210. The number of ketones is 1. The van der Waals surface area contributed by atoms with Crippen molar-refractivity contribution >= 4 is 39.0 Å². The van der Waals surface area contributed by atoms with Crippen molar-refractivity contribution in [2.45, 2.75) is 0 Å². The van der Waals surface area contributed by atoms with Gasteiger partial charge >= 0.3 is 0 Å². The van der Waals surface area contributed by atoms with Crippen molar-refractivity contribution in [3.8, 4) is 0 Å². The summed E-state index contributed by atoms with van der Waals surface area (Å²) in [5.41, 5.74) is 4.92. The Balaban J connectivity index is 2.67. The summed E-state index contributed by atoms with van der Waals surface area (Å²) >= 11 is 9.09. The highest BCUT2D eigenvalue weighted by molar-refractivity contribution is 9.10. The largest absolute Gasteiger partial charge is 0.398 e. The van der Waals surface area contributed by atoms with Crippen LogP contribution in [0.1, 0.15) is 15.9 Å². The van der Waals surface area contributed by atoms with Crippen LogP contribution in [0.2, 0.25) is 5.02 Å². The third-order valence-electron chi connectivity index (χ3n) is 2.54. The van der Waals surface area contributed by atoms with Crippen molar-refractivity contribution in [1.82, 2.24) is 0 Å². The third-order valence-corrected chi connectivity index (χ3v) is 3.83. The van der Waals surface area contributed by atoms with E-state index in [1.165, 1.54) is 12.1 Å². The van der Waals surface area contributed by atoms with Gasteiger partial charge < -0.3 is 5.73 Å². The molecule has 0 unspecified atom stereocenters. The number of carbonyl (C=O) groups is 1. The summed E-state index contributed by atoms with van der Waals surface area (Å²) in [6.45, 7) is 0. The van der Waals surface area contributed by atoms with Crippen molar-refractivity contribution in [2.75, 3.05) is 5.73 Å². The molecule has 2 N–H and O–H groups in total. The van der Waals surface area contributed by atoms with E-state index in [1.807, 2.05) is 0 Å². The van der Waals surface area contributed by atoms with E-state index >= 15 is 0 Å². The molecule has 0 bridgehead atoms. The number of benzene rings is 2. The van der Waals surface area contributed by atoms with Crippen molar-refractivity contribution in [2.24, 2.45) is 0 Å². The van der Waals surface area contributed by atoms with Gasteiger partial charge in [0.2, 0.25) is 5.78 Å². The van der Waals surface area contributed by atoms with Gasteiger partial charge in [0.25, 0.3) is 0 Å². The monoisotopic (exact) mass is 345 g/mol. The first-order valence-electron chi connectivity index (χ1n) is 5.15. The fourth-order valence-corrected chi connectivity index (χ4v) is 2.22.